The van der Waals surface area contributed by atoms with E-state index in [-0.39, 0.29) is 17.9 Å². The quantitative estimate of drug-likeness (QED) is 0.252. The largest absolute Gasteiger partial charge is 0.439 e. The van der Waals surface area contributed by atoms with E-state index in [1.54, 1.807) is 0 Å². The number of H-pyrrole nitrogens is 1. The van der Waals surface area contributed by atoms with Crippen molar-refractivity contribution in [1.29, 1.82) is 0 Å². The van der Waals surface area contributed by atoms with E-state index in [4.69, 9.17) is 19.5 Å². The molecule has 10 nitrogen and oxygen atoms in total. The number of fused-ring (bicyclic) bond motifs is 1. The molecule has 2 saturated carbocycles. The van der Waals surface area contributed by atoms with Crippen LogP contribution in [0.3, 0.4) is 0 Å². The van der Waals surface area contributed by atoms with Crippen molar-refractivity contribution >= 4 is 22.9 Å². The molecule has 2 aliphatic carbocycles. The first-order valence-corrected chi connectivity index (χ1v) is 16.0. The van der Waals surface area contributed by atoms with Crippen LogP contribution in [-0.2, 0) is 6.54 Å². The Kier molecular flexibility index (Phi) is 7.46. The number of piperidine rings is 1. The summed E-state index contributed by atoms with van der Waals surface area (Å²) in [5, 5.41) is 7.67. The van der Waals surface area contributed by atoms with Gasteiger partial charge in [0.05, 0.1) is 6.04 Å². The van der Waals surface area contributed by atoms with Gasteiger partial charge in [0.1, 0.15) is 5.52 Å². The summed E-state index contributed by atoms with van der Waals surface area (Å²) in [7, 11) is 0. The second-order valence-corrected chi connectivity index (χ2v) is 12.9. The summed E-state index contributed by atoms with van der Waals surface area (Å²) in [6.45, 7) is 6.46. The van der Waals surface area contributed by atoms with Crippen molar-refractivity contribution in [2.24, 2.45) is 17.8 Å². The minimum Gasteiger partial charge on any atom is -0.365 e. The van der Waals surface area contributed by atoms with Crippen LogP contribution in [0, 0.1) is 17.8 Å². The fourth-order valence-corrected chi connectivity index (χ4v) is 7.19. The zero-order chi connectivity index (χ0) is 28.6. The second kappa shape index (κ2) is 11.5. The van der Waals surface area contributed by atoms with Crippen LogP contribution in [-0.4, -0.2) is 42.2 Å². The molecule has 0 amide bonds. The maximum atomic E-state index is 11.8. The predicted molar refractivity (Wildman–Crippen MR) is 163 cm³/mol. The molecule has 2 N–H and O–H groups in total. The Hall–Kier alpha value is -3.69. The van der Waals surface area contributed by atoms with Gasteiger partial charge in [-0.15, -0.1) is 0 Å². The Bertz CT molecular complexity index is 1560. The monoisotopic (exact) mass is 570 g/mol. The summed E-state index contributed by atoms with van der Waals surface area (Å²) in [6.07, 6.45) is 12.1. The number of nitrogens with one attached hydrogen (secondary N) is 2. The van der Waals surface area contributed by atoms with Crippen molar-refractivity contribution in [2.45, 2.75) is 96.7 Å². The molecule has 3 aromatic heterocycles. The minimum atomic E-state index is -0.622. The van der Waals surface area contributed by atoms with E-state index in [1.807, 2.05) is 0 Å². The average molecular weight is 571 g/mol. The summed E-state index contributed by atoms with van der Waals surface area (Å²) in [5.74, 6) is 3.64. The van der Waals surface area contributed by atoms with Gasteiger partial charge in [-0.1, -0.05) is 61.7 Å². The van der Waals surface area contributed by atoms with Crippen LogP contribution >= 0.6 is 0 Å². The van der Waals surface area contributed by atoms with Gasteiger partial charge in [0.2, 0.25) is 17.6 Å². The number of hydrogen-bond acceptors (Lipinski definition) is 8. The SMILES string of the molecule is CC1CCC(Cn2c(N3CCCC[C@@H]3c3ccccc3)nc3nc(-c4noc(=O)[nH]4)nc(N[C@H](C)C4CCC4)c32)CC1. The molecule has 2 atom stereocenters. The molecular weight excluding hydrogens is 528 g/mol. The van der Waals surface area contributed by atoms with Crippen molar-refractivity contribution in [3.8, 4) is 11.6 Å². The Balaban J connectivity index is 1.38. The van der Waals surface area contributed by atoms with Gasteiger partial charge in [0.15, 0.2) is 11.5 Å². The molecule has 4 aromatic rings. The summed E-state index contributed by atoms with van der Waals surface area (Å²) < 4.78 is 7.24. The van der Waals surface area contributed by atoms with E-state index >= 15 is 0 Å². The number of rotatable bonds is 8. The molecule has 3 aliphatic rings. The molecule has 7 rings (SSSR count). The highest BCUT2D eigenvalue weighted by molar-refractivity contribution is 5.87. The lowest BCUT2D eigenvalue weighted by Crippen LogP contribution is -2.36. The molecule has 0 bridgehead atoms. The van der Waals surface area contributed by atoms with Gasteiger partial charge >= 0.3 is 5.76 Å². The molecule has 1 aliphatic heterocycles. The molecule has 3 fully saturated rings. The normalized spacial score (nSPS) is 24.0. The Morgan fingerprint density at radius 3 is 2.52 bits per heavy atom. The number of aromatic amines is 1. The molecule has 1 saturated heterocycles. The summed E-state index contributed by atoms with van der Waals surface area (Å²) in [6, 6.07) is 11.4. The first-order valence-electron chi connectivity index (χ1n) is 16.0. The second-order valence-electron chi connectivity index (χ2n) is 12.9. The van der Waals surface area contributed by atoms with Crippen molar-refractivity contribution < 1.29 is 4.52 Å². The van der Waals surface area contributed by atoms with Crippen LogP contribution < -0.4 is 16.0 Å². The molecular formula is C32H42N8O2. The van der Waals surface area contributed by atoms with Crippen LogP contribution in [0.2, 0.25) is 0 Å². The van der Waals surface area contributed by atoms with Gasteiger partial charge in [-0.3, -0.25) is 9.51 Å². The van der Waals surface area contributed by atoms with Gasteiger partial charge in [0.25, 0.3) is 0 Å². The maximum absolute atomic E-state index is 11.8. The number of benzene rings is 1. The molecule has 10 heteroatoms. The molecule has 0 radical (unpaired) electrons. The molecule has 4 heterocycles. The average Bonchev–Trinajstić information content (AvgIpc) is 3.57. The highest BCUT2D eigenvalue weighted by Crippen LogP contribution is 2.40. The zero-order valence-electron chi connectivity index (χ0n) is 24.8. The van der Waals surface area contributed by atoms with Gasteiger partial charge in [0, 0.05) is 19.1 Å². The lowest BCUT2D eigenvalue weighted by atomic mass is 9.80. The van der Waals surface area contributed by atoms with Gasteiger partial charge in [-0.05, 0) is 75.2 Å². The first kappa shape index (κ1) is 27.2. The number of anilines is 2. The maximum Gasteiger partial charge on any atom is 0.439 e. The van der Waals surface area contributed by atoms with Gasteiger partial charge < -0.3 is 14.8 Å². The fourth-order valence-electron chi connectivity index (χ4n) is 7.19. The summed E-state index contributed by atoms with van der Waals surface area (Å²) in [4.78, 5) is 32.1. The third-order valence-electron chi connectivity index (χ3n) is 9.98. The van der Waals surface area contributed by atoms with Gasteiger partial charge in [-0.2, -0.15) is 4.98 Å². The van der Waals surface area contributed by atoms with Crippen molar-refractivity contribution in [2.75, 3.05) is 16.8 Å². The third-order valence-corrected chi connectivity index (χ3v) is 9.98. The van der Waals surface area contributed by atoms with Crippen molar-refractivity contribution in [3.63, 3.8) is 0 Å². The smallest absolute Gasteiger partial charge is 0.365 e. The van der Waals surface area contributed by atoms with E-state index in [0.717, 1.165) is 49.1 Å². The highest BCUT2D eigenvalue weighted by atomic mass is 16.5. The van der Waals surface area contributed by atoms with Crippen molar-refractivity contribution in [1.82, 2.24) is 29.7 Å². The molecule has 42 heavy (non-hydrogen) atoms. The number of hydrogen-bond donors (Lipinski definition) is 2. The lowest BCUT2D eigenvalue weighted by Gasteiger charge is -2.38. The molecule has 1 aromatic carbocycles. The summed E-state index contributed by atoms with van der Waals surface area (Å²) in [5.41, 5.74) is 2.90. The van der Waals surface area contributed by atoms with Crippen LogP contribution in [0.4, 0.5) is 11.8 Å². The Morgan fingerprint density at radius 1 is 1.00 bits per heavy atom. The van der Waals surface area contributed by atoms with E-state index < -0.39 is 5.76 Å². The third kappa shape index (κ3) is 5.31. The van der Waals surface area contributed by atoms with E-state index in [9.17, 15) is 4.79 Å². The van der Waals surface area contributed by atoms with E-state index in [1.165, 1.54) is 56.9 Å². The molecule has 222 valence electrons. The molecule has 0 unspecified atom stereocenters. The van der Waals surface area contributed by atoms with Gasteiger partial charge in [-0.25, -0.2) is 14.8 Å². The van der Waals surface area contributed by atoms with E-state index in [0.29, 0.717) is 23.3 Å². The summed E-state index contributed by atoms with van der Waals surface area (Å²) >= 11 is 0. The first-order chi connectivity index (χ1) is 20.5. The Morgan fingerprint density at radius 2 is 1.81 bits per heavy atom. The minimum absolute atomic E-state index is 0.221. The fraction of sp³-hybridized carbons (Fsp3) is 0.594. The van der Waals surface area contributed by atoms with E-state index in [2.05, 4.69) is 69.1 Å². The van der Waals surface area contributed by atoms with Crippen molar-refractivity contribution in [3.05, 3.63) is 46.4 Å². The highest BCUT2D eigenvalue weighted by Gasteiger charge is 2.33. The number of aromatic nitrogens is 6. The van der Waals surface area contributed by atoms with Crippen LogP contribution in [0.25, 0.3) is 22.8 Å². The van der Waals surface area contributed by atoms with Crippen LogP contribution in [0.15, 0.2) is 39.6 Å². The van der Waals surface area contributed by atoms with Crippen LogP contribution in [0.1, 0.15) is 89.7 Å². The number of nitrogens with zero attached hydrogens (tertiary/aromatic N) is 6. The van der Waals surface area contributed by atoms with Crippen LogP contribution in [0.5, 0.6) is 0 Å². The standard InChI is InChI=1S/C32H42N8O2/c1-20-14-16-22(17-15-20)19-40-26-27(33-21(2)23-11-8-12-23)34-29(30-37-32(41)42-38-30)35-28(26)36-31(40)39-18-7-6-13-25(39)24-9-4-3-5-10-24/h3-5,9-10,20-23,25H,6-8,11-19H2,1-2H3,(H,33,34,35)(H,37,38,41)/t20?,21-,22?,25-/m1/s1. The topological polar surface area (TPSA) is 118 Å². The number of imidazole rings is 1. The predicted octanol–water partition coefficient (Wildman–Crippen LogP) is 6.33. The Labute approximate surface area is 246 Å². The molecule has 0 spiro atoms. The lowest BCUT2D eigenvalue weighted by molar-refractivity contribution is 0.266. The zero-order valence-corrected chi connectivity index (χ0v) is 24.8.